The zero-order valence-electron chi connectivity index (χ0n) is 33.6. The largest absolute Gasteiger partial charge is 0.208 e. The minimum Gasteiger partial charge on any atom is -0.208 e. The number of fused-ring (bicyclic) bond motifs is 7. The van der Waals surface area contributed by atoms with Gasteiger partial charge in [-0.05, 0) is 134 Å². The van der Waals surface area contributed by atoms with Crippen LogP contribution in [0.1, 0.15) is 43.2 Å². The van der Waals surface area contributed by atoms with E-state index in [0.717, 1.165) is 33.9 Å². The minimum absolute atomic E-state index is 0.0780. The van der Waals surface area contributed by atoms with Gasteiger partial charge in [0.1, 0.15) is 8.07 Å². The normalized spacial score (nSPS) is 23.6. The van der Waals surface area contributed by atoms with Gasteiger partial charge in [0.15, 0.2) is 17.5 Å². The van der Waals surface area contributed by atoms with Crippen LogP contribution in [-0.2, 0) is 5.41 Å². The Bertz CT molecular complexity index is 2950. The number of nitrogens with zero attached hydrogens (tertiary/aromatic N) is 3. The van der Waals surface area contributed by atoms with Gasteiger partial charge in [0.25, 0.3) is 0 Å². The van der Waals surface area contributed by atoms with Gasteiger partial charge in [-0.3, -0.25) is 0 Å². The van der Waals surface area contributed by atoms with Crippen LogP contribution >= 0.6 is 0 Å². The molecule has 1 spiro atoms. The Balaban J connectivity index is 1.04. The second kappa shape index (κ2) is 12.3. The molecule has 14 rings (SSSR count). The Labute approximate surface area is 347 Å². The zero-order valence-corrected chi connectivity index (χ0v) is 34.6. The second-order valence-electron chi connectivity index (χ2n) is 18.8. The summed E-state index contributed by atoms with van der Waals surface area (Å²) in [6.07, 6.45) is 6.97. The van der Waals surface area contributed by atoms with Crippen molar-refractivity contribution in [1.82, 2.24) is 15.0 Å². The Morgan fingerprint density at radius 2 is 0.983 bits per heavy atom. The average Bonchev–Trinajstić information content (AvgIpc) is 3.69. The Morgan fingerprint density at radius 1 is 0.424 bits per heavy atom. The van der Waals surface area contributed by atoms with Crippen molar-refractivity contribution >= 4 is 29.2 Å². The van der Waals surface area contributed by atoms with Gasteiger partial charge in [0.05, 0.1) is 0 Å². The summed E-state index contributed by atoms with van der Waals surface area (Å²) < 4.78 is 0. The third-order valence-corrected chi connectivity index (χ3v) is 19.1. The molecule has 4 heteroatoms. The van der Waals surface area contributed by atoms with E-state index in [1.165, 1.54) is 70.9 Å². The Kier molecular flexibility index (Phi) is 7.07. The van der Waals surface area contributed by atoms with Gasteiger partial charge >= 0.3 is 0 Å². The van der Waals surface area contributed by atoms with E-state index in [-0.39, 0.29) is 5.41 Å². The first kappa shape index (κ1) is 33.9. The van der Waals surface area contributed by atoms with Gasteiger partial charge in [-0.1, -0.05) is 153 Å². The van der Waals surface area contributed by atoms with Crippen molar-refractivity contribution in [3.05, 3.63) is 163 Å². The van der Waals surface area contributed by atoms with E-state index in [9.17, 15) is 0 Å². The van der Waals surface area contributed by atoms with Crippen LogP contribution in [-0.4, -0.2) is 23.0 Å². The predicted molar refractivity (Wildman–Crippen MR) is 245 cm³/mol. The van der Waals surface area contributed by atoms with Gasteiger partial charge in [-0.25, -0.2) is 15.0 Å². The maximum absolute atomic E-state index is 5.18. The van der Waals surface area contributed by atoms with Gasteiger partial charge in [0, 0.05) is 22.1 Å². The van der Waals surface area contributed by atoms with E-state index in [0.29, 0.717) is 29.3 Å². The second-order valence-corrected chi connectivity index (χ2v) is 23.1. The molecule has 1 aliphatic heterocycles. The third kappa shape index (κ3) is 4.67. The van der Waals surface area contributed by atoms with E-state index in [1.807, 2.05) is 36.4 Å². The monoisotopic (exact) mass is 775 g/mol. The molecule has 0 amide bonds. The molecule has 7 aromatic carbocycles. The van der Waals surface area contributed by atoms with Crippen LogP contribution in [0.15, 0.2) is 152 Å². The molecule has 3 nitrogen and oxygen atoms in total. The van der Waals surface area contributed by atoms with E-state index in [4.69, 9.17) is 15.0 Å². The molecule has 6 aliphatic rings. The molecule has 0 N–H and O–H groups in total. The van der Waals surface area contributed by atoms with Crippen molar-refractivity contribution in [2.45, 2.75) is 50.6 Å². The van der Waals surface area contributed by atoms with Crippen molar-refractivity contribution < 1.29 is 0 Å². The first-order chi connectivity index (χ1) is 29.0. The number of benzene rings is 7. The summed E-state index contributed by atoms with van der Waals surface area (Å²) in [7, 11) is -1.90. The molecule has 5 aliphatic carbocycles. The summed E-state index contributed by atoms with van der Waals surface area (Å²) in [5.74, 6) is 5.27. The van der Waals surface area contributed by atoms with Gasteiger partial charge in [-0.15, -0.1) is 0 Å². The molecule has 0 atom stereocenters. The van der Waals surface area contributed by atoms with Crippen LogP contribution in [0.5, 0.6) is 0 Å². The molecular weight excluding hydrogens is 731 g/mol. The van der Waals surface area contributed by atoms with Gasteiger partial charge < -0.3 is 0 Å². The number of hydrogen-bond acceptors (Lipinski definition) is 3. The molecule has 0 saturated heterocycles. The summed E-state index contributed by atoms with van der Waals surface area (Å²) in [6.45, 7) is 5.15. The summed E-state index contributed by atoms with van der Waals surface area (Å²) in [6, 6.07) is 56.3. The van der Waals surface area contributed by atoms with Crippen LogP contribution in [0.4, 0.5) is 0 Å². The van der Waals surface area contributed by atoms with Crippen molar-refractivity contribution in [1.29, 1.82) is 0 Å². The third-order valence-electron chi connectivity index (χ3n) is 15.5. The maximum atomic E-state index is 5.18. The molecule has 4 bridgehead atoms. The van der Waals surface area contributed by atoms with E-state index in [1.54, 1.807) is 21.5 Å². The van der Waals surface area contributed by atoms with Crippen molar-refractivity contribution in [2.75, 3.05) is 0 Å². The van der Waals surface area contributed by atoms with Crippen LogP contribution in [0, 0.1) is 23.7 Å². The summed E-state index contributed by atoms with van der Waals surface area (Å²) in [4.78, 5) is 15.4. The Morgan fingerprint density at radius 3 is 1.66 bits per heavy atom. The highest BCUT2D eigenvalue weighted by Crippen LogP contribution is 2.70. The lowest BCUT2D eigenvalue weighted by atomic mass is 9.43. The molecule has 4 saturated carbocycles. The van der Waals surface area contributed by atoms with Crippen LogP contribution in [0.2, 0.25) is 13.1 Å². The van der Waals surface area contributed by atoms with Gasteiger partial charge in [-0.2, -0.15) is 0 Å². The summed E-state index contributed by atoms with van der Waals surface area (Å²) in [5, 5.41) is 5.60. The molecule has 4 fully saturated rings. The summed E-state index contributed by atoms with van der Waals surface area (Å²) >= 11 is 0. The quantitative estimate of drug-likeness (QED) is 0.167. The lowest BCUT2D eigenvalue weighted by molar-refractivity contribution is -0.0399. The highest BCUT2D eigenvalue weighted by Gasteiger charge is 2.62. The van der Waals surface area contributed by atoms with Crippen molar-refractivity contribution in [3.63, 3.8) is 0 Å². The highest BCUT2D eigenvalue weighted by atomic mass is 28.3. The fourth-order valence-electron chi connectivity index (χ4n) is 13.3. The molecule has 1 aromatic heterocycles. The van der Waals surface area contributed by atoms with Gasteiger partial charge in [0.2, 0.25) is 0 Å². The standard InChI is InChI=1S/C55H45N3Si/c1-59(2)49-23-12-11-20-42(49)45-31-48-46(32-50(45)59)51-43(21-13-22-47(51)55(48)37-27-33-26-34(29-37)30-38(55)28-33)41-24-25-44(40-19-10-9-18-39(40)41)54-57-52(35-14-5-3-6-15-35)56-53(58-54)36-16-7-4-8-17-36/h3-25,31-34,37-38H,26-30H2,1-2H3. The van der Waals surface area contributed by atoms with E-state index < -0.39 is 8.07 Å². The molecule has 0 radical (unpaired) electrons. The fourth-order valence-corrected chi connectivity index (χ4v) is 16.4. The van der Waals surface area contributed by atoms with Crippen LogP contribution in [0.3, 0.4) is 0 Å². The molecule has 0 unspecified atom stereocenters. The molecule has 59 heavy (non-hydrogen) atoms. The Hall–Kier alpha value is -5.97. The van der Waals surface area contributed by atoms with Crippen LogP contribution in [0.25, 0.3) is 78.3 Å². The first-order valence-corrected chi connectivity index (χ1v) is 24.8. The predicted octanol–water partition coefficient (Wildman–Crippen LogP) is 12.2. The molecule has 2 heterocycles. The maximum Gasteiger partial charge on any atom is 0.164 e. The van der Waals surface area contributed by atoms with E-state index in [2.05, 4.69) is 128 Å². The fraction of sp³-hybridized carbons (Fsp3) is 0.218. The number of rotatable bonds is 4. The number of aromatic nitrogens is 3. The smallest absolute Gasteiger partial charge is 0.164 e. The lowest BCUT2D eigenvalue weighted by Crippen LogP contribution is -2.55. The van der Waals surface area contributed by atoms with Crippen molar-refractivity contribution in [2.24, 2.45) is 23.7 Å². The molecule has 284 valence electrons. The first-order valence-electron chi connectivity index (χ1n) is 21.8. The lowest BCUT2D eigenvalue weighted by Gasteiger charge is -2.61. The highest BCUT2D eigenvalue weighted by molar-refractivity contribution is 7.03. The SMILES string of the molecule is C[Si]1(C)c2ccccc2-c2cc3c(cc21)-c1c(-c2ccc(-c4nc(-c5ccccc5)nc(-c5ccccc5)n4)c4ccccc24)cccc1C31C2CC3CC(C2)CC1C3. The van der Waals surface area contributed by atoms with Crippen molar-refractivity contribution in [3.8, 4) is 67.5 Å². The zero-order chi connectivity index (χ0) is 39.0. The minimum atomic E-state index is -1.90. The topological polar surface area (TPSA) is 38.7 Å². The van der Waals surface area contributed by atoms with E-state index >= 15 is 0 Å². The number of hydrogen-bond donors (Lipinski definition) is 0. The molecule has 8 aromatic rings. The summed E-state index contributed by atoms with van der Waals surface area (Å²) in [5.41, 5.74) is 15.0. The van der Waals surface area contributed by atoms with Crippen LogP contribution < -0.4 is 10.4 Å². The molecular formula is C55H45N3Si. The average molecular weight is 776 g/mol.